The zero-order valence-electron chi connectivity index (χ0n) is 18.5. The number of anilines is 4. The summed E-state index contributed by atoms with van der Waals surface area (Å²) in [4.78, 5) is 11.1. The molecule has 1 aliphatic carbocycles. The molecule has 3 aliphatic rings. The van der Waals surface area contributed by atoms with Gasteiger partial charge in [-0.2, -0.15) is 4.98 Å². The van der Waals surface area contributed by atoms with E-state index in [1.165, 1.54) is 12.1 Å². The molecular formula is C22H28F2N6O3S. The van der Waals surface area contributed by atoms with E-state index in [1.54, 1.807) is 6.20 Å². The molecule has 9 nitrogen and oxygen atoms in total. The Morgan fingerprint density at radius 2 is 1.79 bits per heavy atom. The first-order valence-electron chi connectivity index (χ1n) is 11.6. The van der Waals surface area contributed by atoms with Gasteiger partial charge in [-0.1, -0.05) is 0 Å². The van der Waals surface area contributed by atoms with Crippen LogP contribution in [0.2, 0.25) is 0 Å². The van der Waals surface area contributed by atoms with E-state index in [9.17, 15) is 22.3 Å². The van der Waals surface area contributed by atoms with Crippen molar-refractivity contribution >= 4 is 33.0 Å². The minimum absolute atomic E-state index is 0.0712. The van der Waals surface area contributed by atoms with Crippen LogP contribution in [-0.4, -0.2) is 59.5 Å². The highest BCUT2D eigenvalue weighted by Gasteiger charge is 2.39. The maximum atomic E-state index is 14.4. The van der Waals surface area contributed by atoms with Gasteiger partial charge in [-0.25, -0.2) is 22.2 Å². The zero-order valence-corrected chi connectivity index (χ0v) is 19.4. The summed E-state index contributed by atoms with van der Waals surface area (Å²) in [5, 5.41) is 19.4. The molecule has 5 rings (SSSR count). The van der Waals surface area contributed by atoms with Gasteiger partial charge in [0.25, 0.3) is 0 Å². The van der Waals surface area contributed by atoms with Crippen molar-refractivity contribution in [3.8, 4) is 0 Å². The first-order chi connectivity index (χ1) is 16.3. The van der Waals surface area contributed by atoms with Crippen LogP contribution in [0.15, 0.2) is 24.4 Å². The van der Waals surface area contributed by atoms with Gasteiger partial charge < -0.3 is 26.0 Å². The number of aliphatic hydroxyl groups is 1. The van der Waals surface area contributed by atoms with E-state index in [2.05, 4.69) is 20.9 Å². The Kier molecular flexibility index (Phi) is 6.19. The molecule has 0 bridgehead atoms. The number of nitrogens with zero attached hydrogens (tertiary/aromatic N) is 3. The third-order valence-corrected chi connectivity index (χ3v) is 8.47. The first kappa shape index (κ1) is 23.0. The smallest absolute Gasteiger partial charge is 0.224 e. The quantitative estimate of drug-likeness (QED) is 0.497. The molecular weight excluding hydrogens is 466 g/mol. The summed E-state index contributed by atoms with van der Waals surface area (Å²) in [7, 11) is -3.08. The predicted octanol–water partition coefficient (Wildman–Crippen LogP) is 2.67. The fourth-order valence-corrected chi connectivity index (χ4v) is 6.35. The Bertz CT molecular complexity index is 1150. The standard InChI is InChI=1S/C22H28F2N6O3S/c23-13-1-6-18(17(24)11-13)27-22-28-19-12-25-21(26-14-2-4-16(31)5-3-14)29-20(19)30(22)15-7-9-34(32,33)10-8-15/h1,6,11-12,14-16,22,27-28,31H,2-5,7-10H2,(H,25,26,29). The highest BCUT2D eigenvalue weighted by molar-refractivity contribution is 7.91. The van der Waals surface area contributed by atoms with Crippen LogP contribution in [0.1, 0.15) is 38.5 Å². The number of fused-ring (bicyclic) bond motifs is 1. The van der Waals surface area contributed by atoms with E-state index < -0.39 is 27.8 Å². The van der Waals surface area contributed by atoms with Crippen LogP contribution in [0, 0.1) is 11.6 Å². The molecule has 1 atom stereocenters. The predicted molar refractivity (Wildman–Crippen MR) is 125 cm³/mol. The number of sulfone groups is 1. The molecule has 1 saturated heterocycles. The van der Waals surface area contributed by atoms with Gasteiger partial charge in [0.05, 0.1) is 35.2 Å². The van der Waals surface area contributed by atoms with E-state index in [0.717, 1.165) is 31.7 Å². The van der Waals surface area contributed by atoms with Crippen molar-refractivity contribution in [2.45, 2.75) is 63.0 Å². The van der Waals surface area contributed by atoms with Crippen molar-refractivity contribution < 1.29 is 22.3 Å². The Labute approximate surface area is 196 Å². The van der Waals surface area contributed by atoms with Crippen LogP contribution in [-0.2, 0) is 9.84 Å². The van der Waals surface area contributed by atoms with Gasteiger partial charge in [-0.15, -0.1) is 0 Å². The fraction of sp³-hybridized carbons (Fsp3) is 0.545. The minimum atomic E-state index is -3.08. The molecule has 2 aromatic rings. The lowest BCUT2D eigenvalue weighted by Crippen LogP contribution is -2.50. The molecule has 184 valence electrons. The second-order valence-corrected chi connectivity index (χ2v) is 11.5. The van der Waals surface area contributed by atoms with Crippen LogP contribution in [0.25, 0.3) is 0 Å². The third-order valence-electron chi connectivity index (χ3n) is 6.75. The van der Waals surface area contributed by atoms with Crippen molar-refractivity contribution in [3.63, 3.8) is 0 Å². The van der Waals surface area contributed by atoms with Gasteiger partial charge in [0, 0.05) is 18.2 Å². The van der Waals surface area contributed by atoms with Gasteiger partial charge >= 0.3 is 0 Å². The Morgan fingerprint density at radius 1 is 1.06 bits per heavy atom. The SMILES string of the molecule is O=S1(=O)CCC(N2c3nc(NC4CCC(O)CC4)ncc3NC2Nc2ccc(F)cc2F)CC1. The van der Waals surface area contributed by atoms with E-state index in [0.29, 0.717) is 30.3 Å². The summed E-state index contributed by atoms with van der Waals surface area (Å²) in [5.41, 5.74) is 0.755. The lowest BCUT2D eigenvalue weighted by molar-refractivity contribution is 0.126. The summed E-state index contributed by atoms with van der Waals surface area (Å²) in [6.45, 7) is 0. The first-order valence-corrected chi connectivity index (χ1v) is 13.4. The minimum Gasteiger partial charge on any atom is -0.393 e. The van der Waals surface area contributed by atoms with Gasteiger partial charge in [-0.3, -0.25) is 0 Å². The maximum absolute atomic E-state index is 14.4. The summed E-state index contributed by atoms with van der Waals surface area (Å²) < 4.78 is 51.8. The molecule has 3 heterocycles. The Morgan fingerprint density at radius 3 is 2.50 bits per heavy atom. The van der Waals surface area contributed by atoms with Crippen molar-refractivity contribution in [1.82, 2.24) is 9.97 Å². The number of aliphatic hydroxyl groups excluding tert-OH is 1. The van der Waals surface area contributed by atoms with Gasteiger partial charge in [0.15, 0.2) is 12.1 Å². The van der Waals surface area contributed by atoms with Crippen LogP contribution in [0.4, 0.5) is 31.9 Å². The molecule has 4 N–H and O–H groups in total. The van der Waals surface area contributed by atoms with Crippen molar-refractivity contribution in [2.75, 3.05) is 32.4 Å². The summed E-state index contributed by atoms with van der Waals surface area (Å²) in [5.74, 6) is -0.209. The molecule has 0 amide bonds. The van der Waals surface area contributed by atoms with E-state index in [-0.39, 0.29) is 35.4 Å². The van der Waals surface area contributed by atoms with Gasteiger partial charge in [0.2, 0.25) is 5.95 Å². The number of aromatic nitrogens is 2. The molecule has 12 heteroatoms. The number of hydrogen-bond donors (Lipinski definition) is 4. The summed E-state index contributed by atoms with van der Waals surface area (Å²) in [6.07, 6.45) is 4.69. The number of hydrogen-bond acceptors (Lipinski definition) is 9. The summed E-state index contributed by atoms with van der Waals surface area (Å²) in [6, 6.07) is 3.32. The highest BCUT2D eigenvalue weighted by Crippen LogP contribution is 2.38. The monoisotopic (exact) mass is 494 g/mol. The fourth-order valence-electron chi connectivity index (χ4n) is 4.88. The van der Waals surface area contributed by atoms with Crippen molar-refractivity contribution in [3.05, 3.63) is 36.0 Å². The maximum Gasteiger partial charge on any atom is 0.224 e. The van der Waals surface area contributed by atoms with Crippen LogP contribution in [0.3, 0.4) is 0 Å². The zero-order chi connectivity index (χ0) is 23.9. The number of rotatable bonds is 5. The largest absolute Gasteiger partial charge is 0.393 e. The molecule has 1 aromatic heterocycles. The van der Waals surface area contributed by atoms with E-state index in [4.69, 9.17) is 4.98 Å². The third kappa shape index (κ3) is 4.88. The summed E-state index contributed by atoms with van der Waals surface area (Å²) >= 11 is 0. The lowest BCUT2D eigenvalue weighted by Gasteiger charge is -2.36. The second kappa shape index (κ2) is 9.14. The molecule has 1 unspecified atom stereocenters. The molecule has 2 aliphatic heterocycles. The average Bonchev–Trinajstić information content (AvgIpc) is 3.14. The second-order valence-electron chi connectivity index (χ2n) is 9.19. The molecule has 1 aromatic carbocycles. The van der Waals surface area contributed by atoms with Gasteiger partial charge in [0.1, 0.15) is 21.5 Å². The molecule has 0 radical (unpaired) electrons. The average molecular weight is 495 g/mol. The highest BCUT2D eigenvalue weighted by atomic mass is 32.2. The lowest BCUT2D eigenvalue weighted by atomic mass is 9.93. The molecule has 34 heavy (non-hydrogen) atoms. The topological polar surface area (TPSA) is 119 Å². The Balaban J connectivity index is 1.41. The Hall–Kier alpha value is -2.73. The van der Waals surface area contributed by atoms with E-state index in [1.807, 2.05) is 4.90 Å². The van der Waals surface area contributed by atoms with Crippen LogP contribution >= 0.6 is 0 Å². The molecule has 2 fully saturated rings. The van der Waals surface area contributed by atoms with Crippen LogP contribution < -0.4 is 20.9 Å². The molecule has 1 saturated carbocycles. The number of nitrogens with one attached hydrogen (secondary N) is 3. The van der Waals surface area contributed by atoms with Gasteiger partial charge in [-0.05, 0) is 50.7 Å². The number of halogens is 2. The van der Waals surface area contributed by atoms with Crippen LogP contribution in [0.5, 0.6) is 0 Å². The van der Waals surface area contributed by atoms with Crippen molar-refractivity contribution in [1.29, 1.82) is 0 Å². The van der Waals surface area contributed by atoms with Crippen molar-refractivity contribution in [2.24, 2.45) is 0 Å². The number of benzene rings is 1. The normalized spacial score (nSPS) is 26.6. The van der Waals surface area contributed by atoms with E-state index >= 15 is 0 Å². The molecule has 0 spiro atoms.